The zero-order valence-electron chi connectivity index (χ0n) is 8.25. The lowest BCUT2D eigenvalue weighted by atomic mass is 10.0. The number of aliphatic hydroxyl groups excluding tert-OH is 2. The Bertz CT molecular complexity index is 462. The van der Waals surface area contributed by atoms with Crippen LogP contribution in [0.3, 0.4) is 0 Å². The van der Waals surface area contributed by atoms with Gasteiger partial charge >= 0.3 is 10.2 Å². The minimum atomic E-state index is -4.93. The van der Waals surface area contributed by atoms with Crippen molar-refractivity contribution in [1.82, 2.24) is 0 Å². The number of hydrogen-bond acceptors (Lipinski definition) is 5. The first-order valence-corrected chi connectivity index (χ1v) is 5.86. The molecule has 0 spiro atoms. The van der Waals surface area contributed by atoms with Crippen LogP contribution in [0.25, 0.3) is 0 Å². The largest absolute Gasteiger partial charge is 0.389 e. The van der Waals surface area contributed by atoms with Gasteiger partial charge in [-0.05, 0) is 6.07 Å². The van der Waals surface area contributed by atoms with E-state index in [9.17, 15) is 22.5 Å². The summed E-state index contributed by atoms with van der Waals surface area (Å²) in [6, 6.07) is 4.97. The lowest BCUT2D eigenvalue weighted by Crippen LogP contribution is -2.28. The maximum atomic E-state index is 12.9. The Balaban J connectivity index is 3.24. The van der Waals surface area contributed by atoms with Gasteiger partial charge in [0.05, 0.1) is 6.10 Å². The minimum Gasteiger partial charge on any atom is -0.389 e. The molecule has 0 fully saturated rings. The van der Waals surface area contributed by atoms with Gasteiger partial charge in [0.25, 0.3) is 0 Å². The molecule has 2 atom stereocenters. The summed E-state index contributed by atoms with van der Waals surface area (Å²) in [5, 5.41) is 18.8. The van der Waals surface area contributed by atoms with Gasteiger partial charge in [-0.25, -0.2) is 0 Å². The summed E-state index contributed by atoms with van der Waals surface area (Å²) in [5.74, 6) is 0. The van der Waals surface area contributed by atoms with Crippen molar-refractivity contribution in [2.75, 3.05) is 6.54 Å². The van der Waals surface area contributed by atoms with Gasteiger partial charge in [-0.15, -0.1) is 3.89 Å². The maximum absolute atomic E-state index is 12.9. The Morgan fingerprint density at radius 1 is 1.31 bits per heavy atom. The van der Waals surface area contributed by atoms with Crippen molar-refractivity contribution in [3.63, 3.8) is 0 Å². The highest BCUT2D eigenvalue weighted by atomic mass is 32.3. The van der Waals surface area contributed by atoms with E-state index < -0.39 is 27.3 Å². The number of rotatable bonds is 4. The van der Waals surface area contributed by atoms with Gasteiger partial charge in [0.15, 0.2) is 0 Å². The highest BCUT2D eigenvalue weighted by Gasteiger charge is 2.25. The zero-order chi connectivity index (χ0) is 12.3. The molecule has 1 aromatic carbocycles. The first-order chi connectivity index (χ1) is 7.38. The van der Waals surface area contributed by atoms with E-state index in [0.29, 0.717) is 0 Å². The molecule has 4 N–H and O–H groups in total. The molecular formula is C9H12FNO4S. The van der Waals surface area contributed by atoms with Crippen LogP contribution in [0.15, 0.2) is 29.2 Å². The van der Waals surface area contributed by atoms with E-state index >= 15 is 0 Å². The fraction of sp³-hybridized carbons (Fsp3) is 0.333. The Morgan fingerprint density at radius 2 is 1.88 bits per heavy atom. The van der Waals surface area contributed by atoms with E-state index in [1.165, 1.54) is 18.2 Å². The third-order valence-electron chi connectivity index (χ3n) is 2.11. The highest BCUT2D eigenvalue weighted by Crippen LogP contribution is 2.25. The van der Waals surface area contributed by atoms with Crippen LogP contribution in [0.5, 0.6) is 0 Å². The second-order valence-electron chi connectivity index (χ2n) is 3.22. The summed E-state index contributed by atoms with van der Waals surface area (Å²) < 4.78 is 34.4. The summed E-state index contributed by atoms with van der Waals surface area (Å²) in [5.41, 5.74) is 4.91. The Labute approximate surface area is 92.5 Å². The molecule has 90 valence electrons. The SMILES string of the molecule is NCC(O)C(O)c1ccccc1S(=O)(=O)F. The summed E-state index contributed by atoms with van der Waals surface area (Å²) in [6.07, 6.45) is -2.88. The van der Waals surface area contributed by atoms with Crippen molar-refractivity contribution in [2.24, 2.45) is 5.73 Å². The van der Waals surface area contributed by atoms with E-state index in [-0.39, 0.29) is 12.1 Å². The Kier molecular flexibility index (Phi) is 3.98. The molecule has 1 rings (SSSR count). The van der Waals surface area contributed by atoms with Crippen molar-refractivity contribution < 1.29 is 22.5 Å². The quantitative estimate of drug-likeness (QED) is 0.636. The monoisotopic (exact) mass is 249 g/mol. The van der Waals surface area contributed by atoms with Crippen LogP contribution in [0.1, 0.15) is 11.7 Å². The molecule has 0 amide bonds. The van der Waals surface area contributed by atoms with E-state index in [1.807, 2.05) is 0 Å². The molecule has 7 heteroatoms. The molecule has 0 saturated heterocycles. The Morgan fingerprint density at radius 3 is 2.38 bits per heavy atom. The van der Waals surface area contributed by atoms with Gasteiger partial charge in [-0.3, -0.25) is 0 Å². The molecule has 0 heterocycles. The third-order valence-corrected chi connectivity index (χ3v) is 3.00. The highest BCUT2D eigenvalue weighted by molar-refractivity contribution is 7.86. The van der Waals surface area contributed by atoms with E-state index in [1.54, 1.807) is 0 Å². The van der Waals surface area contributed by atoms with Crippen molar-refractivity contribution in [1.29, 1.82) is 0 Å². The molecule has 0 aliphatic carbocycles. The fourth-order valence-corrected chi connectivity index (χ4v) is 1.99. The summed E-state index contributed by atoms with van der Waals surface area (Å²) in [4.78, 5) is -0.657. The second-order valence-corrected chi connectivity index (χ2v) is 4.54. The van der Waals surface area contributed by atoms with Gasteiger partial charge in [-0.2, -0.15) is 8.42 Å². The molecule has 0 radical (unpaired) electrons. The van der Waals surface area contributed by atoms with E-state index in [4.69, 9.17) is 5.73 Å². The number of halogens is 1. The van der Waals surface area contributed by atoms with Crippen LogP contribution in [0, 0.1) is 0 Å². The van der Waals surface area contributed by atoms with Crippen LogP contribution >= 0.6 is 0 Å². The standard InChI is InChI=1S/C9H12FNO4S/c10-16(14,15)8-4-2-1-3-6(8)9(13)7(12)5-11/h1-4,7,9,12-13H,5,11H2. The van der Waals surface area contributed by atoms with Crippen molar-refractivity contribution >= 4 is 10.2 Å². The molecule has 16 heavy (non-hydrogen) atoms. The average molecular weight is 249 g/mol. The molecule has 0 bridgehead atoms. The molecule has 0 aliphatic heterocycles. The number of hydrogen-bond donors (Lipinski definition) is 3. The van der Waals surface area contributed by atoms with Gasteiger partial charge in [0.2, 0.25) is 0 Å². The number of benzene rings is 1. The topological polar surface area (TPSA) is 101 Å². The summed E-state index contributed by atoms with van der Waals surface area (Å²) in [6.45, 7) is -0.262. The fourth-order valence-electron chi connectivity index (χ4n) is 1.28. The molecule has 1 aromatic rings. The molecular weight excluding hydrogens is 237 g/mol. The molecule has 0 saturated carbocycles. The predicted molar refractivity (Wildman–Crippen MR) is 54.8 cm³/mol. The first kappa shape index (κ1) is 13.0. The van der Waals surface area contributed by atoms with E-state index in [0.717, 1.165) is 6.07 Å². The average Bonchev–Trinajstić information content (AvgIpc) is 2.26. The Hall–Kier alpha value is -1.02. The van der Waals surface area contributed by atoms with Crippen LogP contribution < -0.4 is 5.73 Å². The zero-order valence-corrected chi connectivity index (χ0v) is 9.06. The van der Waals surface area contributed by atoms with Crippen molar-refractivity contribution in [3.05, 3.63) is 29.8 Å². The number of nitrogens with two attached hydrogens (primary N) is 1. The molecule has 0 aromatic heterocycles. The van der Waals surface area contributed by atoms with Crippen LogP contribution in [0.4, 0.5) is 3.89 Å². The molecule has 5 nitrogen and oxygen atoms in total. The summed E-state index contributed by atoms with van der Waals surface area (Å²) >= 11 is 0. The van der Waals surface area contributed by atoms with Gasteiger partial charge in [0, 0.05) is 12.1 Å². The van der Waals surface area contributed by atoms with Crippen LogP contribution in [-0.2, 0) is 10.2 Å². The summed E-state index contributed by atoms with van der Waals surface area (Å²) in [7, 11) is -4.93. The smallest absolute Gasteiger partial charge is 0.332 e. The molecule has 2 unspecified atom stereocenters. The van der Waals surface area contributed by atoms with Crippen molar-refractivity contribution in [2.45, 2.75) is 17.1 Å². The van der Waals surface area contributed by atoms with Crippen molar-refractivity contribution in [3.8, 4) is 0 Å². The maximum Gasteiger partial charge on any atom is 0.332 e. The van der Waals surface area contributed by atoms with Crippen LogP contribution in [0.2, 0.25) is 0 Å². The predicted octanol–water partition coefficient (Wildman–Crippen LogP) is -0.302. The second kappa shape index (κ2) is 4.88. The van der Waals surface area contributed by atoms with Crippen LogP contribution in [-0.4, -0.2) is 31.3 Å². The minimum absolute atomic E-state index is 0.206. The lowest BCUT2D eigenvalue weighted by Gasteiger charge is -2.17. The lowest BCUT2D eigenvalue weighted by molar-refractivity contribution is 0.0226. The third kappa shape index (κ3) is 2.76. The molecule has 0 aliphatic rings. The number of aliphatic hydroxyl groups is 2. The first-order valence-electron chi connectivity index (χ1n) is 4.47. The van der Waals surface area contributed by atoms with Gasteiger partial charge in [-0.1, -0.05) is 18.2 Å². The normalized spacial score (nSPS) is 15.8. The van der Waals surface area contributed by atoms with Gasteiger partial charge in [0.1, 0.15) is 11.0 Å². The van der Waals surface area contributed by atoms with E-state index in [2.05, 4.69) is 0 Å². The van der Waals surface area contributed by atoms with Gasteiger partial charge < -0.3 is 15.9 Å².